The van der Waals surface area contributed by atoms with Gasteiger partial charge in [0.2, 0.25) is 0 Å². The van der Waals surface area contributed by atoms with Crippen molar-refractivity contribution in [3.63, 3.8) is 0 Å². The van der Waals surface area contributed by atoms with E-state index in [1.54, 1.807) is 12.3 Å². The second-order valence-electron chi connectivity index (χ2n) is 4.99. The van der Waals surface area contributed by atoms with Crippen LogP contribution in [-0.4, -0.2) is 24.0 Å². The predicted octanol–water partition coefficient (Wildman–Crippen LogP) is 3.69. The van der Waals surface area contributed by atoms with Crippen molar-refractivity contribution < 1.29 is 0 Å². The third kappa shape index (κ3) is 6.47. The molecule has 2 rings (SSSR count). The van der Waals surface area contributed by atoms with Crippen LogP contribution in [0.3, 0.4) is 0 Å². The van der Waals surface area contributed by atoms with E-state index in [2.05, 4.69) is 20.6 Å². The van der Waals surface area contributed by atoms with Gasteiger partial charge in [0.15, 0.2) is 5.96 Å². The summed E-state index contributed by atoms with van der Waals surface area (Å²) < 4.78 is 0. The normalized spacial score (nSPS) is 11.3. The molecule has 0 spiro atoms. The van der Waals surface area contributed by atoms with Crippen molar-refractivity contribution in [2.45, 2.75) is 19.9 Å². The monoisotopic (exact) mass is 350 g/mol. The Balaban J connectivity index is 1.86. The number of pyridine rings is 1. The maximum Gasteiger partial charge on any atom is 0.191 e. The van der Waals surface area contributed by atoms with Crippen molar-refractivity contribution in [3.05, 3.63) is 63.9 Å². The first-order valence-electron chi connectivity index (χ1n) is 7.54. The Morgan fingerprint density at radius 3 is 2.43 bits per heavy atom. The Kier molecular flexibility index (Phi) is 7.17. The van der Waals surface area contributed by atoms with Gasteiger partial charge >= 0.3 is 0 Å². The molecule has 23 heavy (non-hydrogen) atoms. The molecule has 0 unspecified atom stereocenters. The Bertz CT molecular complexity index is 624. The summed E-state index contributed by atoms with van der Waals surface area (Å²) in [5, 5.41) is 7.80. The summed E-state index contributed by atoms with van der Waals surface area (Å²) in [6.45, 7) is 4.21. The van der Waals surface area contributed by atoms with Crippen LogP contribution in [0.2, 0.25) is 10.2 Å². The van der Waals surface area contributed by atoms with Gasteiger partial charge in [0.05, 0.1) is 6.54 Å². The van der Waals surface area contributed by atoms with Crippen LogP contribution in [0.5, 0.6) is 0 Å². The van der Waals surface area contributed by atoms with Gasteiger partial charge in [0, 0.05) is 24.3 Å². The summed E-state index contributed by atoms with van der Waals surface area (Å²) in [6.07, 6.45) is 2.65. The smallest absolute Gasteiger partial charge is 0.191 e. The molecule has 0 aliphatic heterocycles. The molecule has 0 atom stereocenters. The van der Waals surface area contributed by atoms with E-state index in [0.29, 0.717) is 11.7 Å². The van der Waals surface area contributed by atoms with E-state index >= 15 is 0 Å². The summed E-state index contributed by atoms with van der Waals surface area (Å²) in [7, 11) is 0. The minimum atomic E-state index is 0.491. The van der Waals surface area contributed by atoms with Crippen molar-refractivity contribution >= 4 is 29.2 Å². The molecule has 4 nitrogen and oxygen atoms in total. The molecule has 0 amide bonds. The molecule has 6 heteroatoms. The molecule has 122 valence electrons. The average molecular weight is 351 g/mol. The molecule has 1 aromatic carbocycles. The van der Waals surface area contributed by atoms with Crippen molar-refractivity contribution in [2.24, 2.45) is 4.99 Å². The predicted molar refractivity (Wildman–Crippen MR) is 97.2 cm³/mol. The lowest BCUT2D eigenvalue weighted by Gasteiger charge is -2.11. The number of benzene rings is 1. The third-order valence-corrected chi connectivity index (χ3v) is 3.65. The highest BCUT2D eigenvalue weighted by Gasteiger charge is 1.99. The van der Waals surface area contributed by atoms with Gasteiger partial charge in [-0.1, -0.05) is 41.4 Å². The number of aliphatic imine (C=N–C) groups is 1. The van der Waals surface area contributed by atoms with Gasteiger partial charge in [-0.25, -0.2) is 9.98 Å². The Morgan fingerprint density at radius 1 is 1.04 bits per heavy atom. The molecule has 2 N–H and O–H groups in total. The van der Waals surface area contributed by atoms with Gasteiger partial charge in [-0.3, -0.25) is 0 Å². The lowest BCUT2D eigenvalue weighted by Crippen LogP contribution is -2.38. The van der Waals surface area contributed by atoms with Crippen LogP contribution in [0.25, 0.3) is 0 Å². The fourth-order valence-electron chi connectivity index (χ4n) is 1.99. The first kappa shape index (κ1) is 17.6. The zero-order valence-electron chi connectivity index (χ0n) is 13.0. The van der Waals surface area contributed by atoms with E-state index in [1.807, 2.05) is 37.3 Å². The highest BCUT2D eigenvalue weighted by atomic mass is 35.5. The number of hydrogen-bond acceptors (Lipinski definition) is 2. The molecule has 0 saturated heterocycles. The zero-order valence-corrected chi connectivity index (χ0v) is 14.5. The molecule has 1 aromatic heterocycles. The first-order valence-corrected chi connectivity index (χ1v) is 8.30. The van der Waals surface area contributed by atoms with Crippen LogP contribution in [0.15, 0.2) is 47.6 Å². The summed E-state index contributed by atoms with van der Waals surface area (Å²) in [4.78, 5) is 8.61. The number of nitrogens with zero attached hydrogens (tertiary/aromatic N) is 2. The van der Waals surface area contributed by atoms with Gasteiger partial charge in [0.25, 0.3) is 0 Å². The topological polar surface area (TPSA) is 49.3 Å². The molecule has 0 fully saturated rings. The van der Waals surface area contributed by atoms with Crippen LogP contribution in [-0.2, 0) is 13.0 Å². The molecule has 0 bridgehead atoms. The van der Waals surface area contributed by atoms with Gasteiger partial charge in [-0.05, 0) is 42.7 Å². The minimum Gasteiger partial charge on any atom is -0.357 e. The number of guanidine groups is 1. The summed E-state index contributed by atoms with van der Waals surface area (Å²) in [5.41, 5.74) is 2.25. The van der Waals surface area contributed by atoms with Crippen molar-refractivity contribution in [3.8, 4) is 0 Å². The zero-order chi connectivity index (χ0) is 16.5. The van der Waals surface area contributed by atoms with E-state index in [4.69, 9.17) is 23.2 Å². The maximum absolute atomic E-state index is 5.89. The molecule has 2 aromatic rings. The number of nitrogens with one attached hydrogen (secondary N) is 2. The number of hydrogen-bond donors (Lipinski definition) is 2. The standard InChI is InChI=1S/C17H20Cl2N4/c1-2-20-17(23-12-14-5-8-16(19)22-11-14)21-10-9-13-3-6-15(18)7-4-13/h3-8,11H,2,9-10,12H2,1H3,(H2,20,21,23). The van der Waals surface area contributed by atoms with Crippen LogP contribution < -0.4 is 10.6 Å². The molecular formula is C17H20Cl2N4. The fourth-order valence-corrected chi connectivity index (χ4v) is 2.23. The van der Waals surface area contributed by atoms with Crippen LogP contribution >= 0.6 is 23.2 Å². The quantitative estimate of drug-likeness (QED) is 0.474. The number of halogens is 2. The highest BCUT2D eigenvalue weighted by molar-refractivity contribution is 6.30. The average Bonchev–Trinajstić information content (AvgIpc) is 2.56. The van der Waals surface area contributed by atoms with Crippen LogP contribution in [0.1, 0.15) is 18.1 Å². The van der Waals surface area contributed by atoms with E-state index in [-0.39, 0.29) is 0 Å². The summed E-state index contributed by atoms with van der Waals surface area (Å²) in [6, 6.07) is 11.6. The lowest BCUT2D eigenvalue weighted by atomic mass is 10.1. The van der Waals surface area contributed by atoms with Gasteiger partial charge in [-0.15, -0.1) is 0 Å². The number of aromatic nitrogens is 1. The summed E-state index contributed by atoms with van der Waals surface area (Å²) >= 11 is 11.7. The van der Waals surface area contributed by atoms with Gasteiger partial charge in [-0.2, -0.15) is 0 Å². The van der Waals surface area contributed by atoms with Crippen molar-refractivity contribution in [1.82, 2.24) is 15.6 Å². The second-order valence-corrected chi connectivity index (χ2v) is 5.81. The Morgan fingerprint density at radius 2 is 1.78 bits per heavy atom. The molecule has 1 heterocycles. The Hall–Kier alpha value is -1.78. The molecular weight excluding hydrogens is 331 g/mol. The molecule has 0 aliphatic rings. The molecule has 0 saturated carbocycles. The van der Waals surface area contributed by atoms with Gasteiger partial charge in [0.1, 0.15) is 5.15 Å². The van der Waals surface area contributed by atoms with E-state index in [0.717, 1.165) is 36.1 Å². The lowest BCUT2D eigenvalue weighted by molar-refractivity contribution is 0.799. The largest absolute Gasteiger partial charge is 0.357 e. The fraction of sp³-hybridized carbons (Fsp3) is 0.294. The molecule has 0 radical (unpaired) electrons. The van der Waals surface area contributed by atoms with E-state index < -0.39 is 0 Å². The maximum atomic E-state index is 5.89. The Labute approximate surface area is 146 Å². The van der Waals surface area contributed by atoms with Crippen molar-refractivity contribution in [2.75, 3.05) is 13.1 Å². The minimum absolute atomic E-state index is 0.491. The van der Waals surface area contributed by atoms with E-state index in [1.165, 1.54) is 5.56 Å². The second kappa shape index (κ2) is 9.38. The van der Waals surface area contributed by atoms with Crippen LogP contribution in [0, 0.1) is 0 Å². The number of rotatable bonds is 6. The third-order valence-electron chi connectivity index (χ3n) is 3.17. The van der Waals surface area contributed by atoms with Gasteiger partial charge < -0.3 is 10.6 Å². The van der Waals surface area contributed by atoms with E-state index in [9.17, 15) is 0 Å². The highest BCUT2D eigenvalue weighted by Crippen LogP contribution is 2.09. The molecule has 0 aliphatic carbocycles. The SMILES string of the molecule is CCNC(=NCc1ccc(Cl)nc1)NCCc1ccc(Cl)cc1. The van der Waals surface area contributed by atoms with Crippen molar-refractivity contribution in [1.29, 1.82) is 0 Å². The first-order chi connectivity index (χ1) is 11.2. The summed E-state index contributed by atoms with van der Waals surface area (Å²) in [5.74, 6) is 0.788. The van der Waals surface area contributed by atoms with Crippen LogP contribution in [0.4, 0.5) is 0 Å².